The lowest BCUT2D eigenvalue weighted by Crippen LogP contribution is -2.48. The van der Waals surface area contributed by atoms with E-state index in [2.05, 4.69) is 17.9 Å². The summed E-state index contributed by atoms with van der Waals surface area (Å²) in [6, 6.07) is 2.28. The van der Waals surface area contributed by atoms with E-state index in [1.807, 2.05) is 7.11 Å². The molecule has 1 aliphatic heterocycles. The van der Waals surface area contributed by atoms with E-state index >= 15 is 0 Å². The van der Waals surface area contributed by atoms with Gasteiger partial charge in [0.25, 0.3) is 0 Å². The highest BCUT2D eigenvalue weighted by atomic mass is 16.5. The van der Waals surface area contributed by atoms with E-state index in [1.165, 1.54) is 23.2 Å². The summed E-state index contributed by atoms with van der Waals surface area (Å²) in [5, 5.41) is 0. The molecule has 1 unspecified atom stereocenters. The van der Waals surface area contributed by atoms with Crippen molar-refractivity contribution in [3.8, 4) is 0 Å². The van der Waals surface area contributed by atoms with Gasteiger partial charge >= 0.3 is 0 Å². The zero-order chi connectivity index (χ0) is 14.2. The smallest absolute Gasteiger partial charge is 0.133 e. The first-order valence-electron chi connectivity index (χ1n) is 7.67. The van der Waals surface area contributed by atoms with Crippen LogP contribution >= 0.6 is 0 Å². The Hall–Kier alpha value is -1.13. The third-order valence-corrected chi connectivity index (χ3v) is 4.78. The molecule has 0 bridgehead atoms. The van der Waals surface area contributed by atoms with E-state index in [0.717, 1.165) is 44.6 Å². The molecule has 4 heteroatoms. The molecular weight excluding hydrogens is 250 g/mol. The van der Waals surface area contributed by atoms with Crippen LogP contribution in [0.25, 0.3) is 0 Å². The van der Waals surface area contributed by atoms with Crippen molar-refractivity contribution in [3.63, 3.8) is 0 Å². The van der Waals surface area contributed by atoms with Crippen LogP contribution in [-0.2, 0) is 24.1 Å². The van der Waals surface area contributed by atoms with Crippen LogP contribution in [-0.4, -0.2) is 30.8 Å². The molecule has 4 nitrogen and oxygen atoms in total. The van der Waals surface area contributed by atoms with Crippen molar-refractivity contribution in [3.05, 3.63) is 22.9 Å². The highest BCUT2D eigenvalue weighted by Crippen LogP contribution is 2.32. The van der Waals surface area contributed by atoms with Gasteiger partial charge in [0, 0.05) is 38.0 Å². The molecule has 110 valence electrons. The molecule has 1 fully saturated rings. The maximum atomic E-state index is 5.95. The van der Waals surface area contributed by atoms with Crippen LogP contribution < -0.4 is 10.6 Å². The van der Waals surface area contributed by atoms with Crippen molar-refractivity contribution >= 4 is 5.82 Å². The summed E-state index contributed by atoms with van der Waals surface area (Å²) in [7, 11) is 1.81. The number of anilines is 1. The van der Waals surface area contributed by atoms with Gasteiger partial charge in [0.1, 0.15) is 5.82 Å². The van der Waals surface area contributed by atoms with Crippen molar-refractivity contribution in [1.82, 2.24) is 4.98 Å². The lowest BCUT2D eigenvalue weighted by Gasteiger charge is -2.40. The second kappa shape index (κ2) is 5.34. The predicted octanol–water partition coefficient (Wildman–Crippen LogP) is 2.03. The van der Waals surface area contributed by atoms with E-state index in [1.54, 1.807) is 0 Å². The Balaban J connectivity index is 1.93. The molecule has 0 saturated carbocycles. The number of aromatic nitrogens is 1. The van der Waals surface area contributed by atoms with E-state index in [9.17, 15) is 0 Å². The molecule has 0 radical (unpaired) electrons. The maximum absolute atomic E-state index is 5.95. The van der Waals surface area contributed by atoms with E-state index < -0.39 is 0 Å². The monoisotopic (exact) mass is 275 g/mol. The number of rotatable bonds is 3. The fraction of sp³-hybridized carbons (Fsp3) is 0.688. The first-order chi connectivity index (χ1) is 9.65. The standard InChI is InChI=1S/C16H25N3O/c1-16(20-2)7-4-8-19(11-16)15-13(10-17)9-12-5-3-6-14(12)18-15/h9H,3-8,10-11,17H2,1-2H3. The number of methoxy groups -OCH3 is 1. The quantitative estimate of drug-likeness (QED) is 0.917. The lowest BCUT2D eigenvalue weighted by atomic mass is 9.94. The number of hydrogen-bond donors (Lipinski definition) is 1. The average Bonchev–Trinajstić information content (AvgIpc) is 2.93. The Morgan fingerprint density at radius 1 is 1.40 bits per heavy atom. The van der Waals surface area contributed by atoms with Crippen LogP contribution in [0.4, 0.5) is 5.82 Å². The van der Waals surface area contributed by atoms with Gasteiger partial charge in [-0.1, -0.05) is 0 Å². The average molecular weight is 275 g/mol. The van der Waals surface area contributed by atoms with Gasteiger partial charge < -0.3 is 15.4 Å². The number of nitrogens with zero attached hydrogens (tertiary/aromatic N) is 2. The Morgan fingerprint density at radius 2 is 2.25 bits per heavy atom. The summed E-state index contributed by atoms with van der Waals surface area (Å²) in [5.41, 5.74) is 9.76. The molecule has 2 aliphatic rings. The number of aryl methyl sites for hydroxylation is 2. The van der Waals surface area contributed by atoms with E-state index in [0.29, 0.717) is 6.54 Å². The Morgan fingerprint density at radius 3 is 3.00 bits per heavy atom. The molecule has 3 rings (SSSR count). The highest BCUT2D eigenvalue weighted by molar-refractivity contribution is 5.51. The zero-order valence-electron chi connectivity index (χ0n) is 12.6. The predicted molar refractivity (Wildman–Crippen MR) is 81.0 cm³/mol. The van der Waals surface area contributed by atoms with Gasteiger partial charge in [0.05, 0.1) is 5.60 Å². The Bertz CT molecular complexity index is 503. The number of fused-ring (bicyclic) bond motifs is 1. The van der Waals surface area contributed by atoms with Gasteiger partial charge in [0.2, 0.25) is 0 Å². The Labute approximate surface area is 121 Å². The van der Waals surface area contributed by atoms with Crippen LogP contribution in [0.3, 0.4) is 0 Å². The number of ether oxygens (including phenoxy) is 1. The van der Waals surface area contributed by atoms with Gasteiger partial charge in [-0.05, 0) is 50.7 Å². The van der Waals surface area contributed by atoms with Crippen molar-refractivity contribution in [1.29, 1.82) is 0 Å². The largest absolute Gasteiger partial charge is 0.377 e. The summed E-state index contributed by atoms with van der Waals surface area (Å²) < 4.78 is 5.70. The summed E-state index contributed by atoms with van der Waals surface area (Å²) in [6.07, 6.45) is 5.76. The zero-order valence-corrected chi connectivity index (χ0v) is 12.6. The molecule has 0 aromatic carbocycles. The lowest BCUT2D eigenvalue weighted by molar-refractivity contribution is -0.00485. The van der Waals surface area contributed by atoms with E-state index in [-0.39, 0.29) is 5.60 Å². The summed E-state index contributed by atoms with van der Waals surface area (Å²) in [5.74, 6) is 1.09. The van der Waals surface area contributed by atoms with Crippen LogP contribution in [0.15, 0.2) is 6.07 Å². The molecule has 2 heterocycles. The molecule has 1 aromatic heterocycles. The van der Waals surface area contributed by atoms with Crippen LogP contribution in [0.1, 0.15) is 43.0 Å². The fourth-order valence-corrected chi connectivity index (χ4v) is 3.49. The summed E-state index contributed by atoms with van der Waals surface area (Å²) >= 11 is 0. The third kappa shape index (κ3) is 2.42. The Kier molecular flexibility index (Phi) is 3.69. The van der Waals surface area contributed by atoms with E-state index in [4.69, 9.17) is 15.5 Å². The van der Waals surface area contributed by atoms with Crippen molar-refractivity contribution < 1.29 is 4.74 Å². The third-order valence-electron chi connectivity index (χ3n) is 4.78. The van der Waals surface area contributed by atoms with Crippen LogP contribution in [0, 0.1) is 0 Å². The second-order valence-corrected chi connectivity index (χ2v) is 6.31. The minimum Gasteiger partial charge on any atom is -0.377 e. The normalized spacial score (nSPS) is 25.9. The van der Waals surface area contributed by atoms with Crippen LogP contribution in [0.5, 0.6) is 0 Å². The molecule has 1 aromatic rings. The first-order valence-corrected chi connectivity index (χ1v) is 7.67. The van der Waals surface area contributed by atoms with Gasteiger partial charge in [-0.3, -0.25) is 0 Å². The maximum Gasteiger partial charge on any atom is 0.133 e. The SMILES string of the molecule is COC1(C)CCCN(c2nc3c(cc2CN)CCC3)C1. The molecule has 0 spiro atoms. The molecule has 1 saturated heterocycles. The minimum absolute atomic E-state index is 0.0647. The summed E-state index contributed by atoms with van der Waals surface area (Å²) in [4.78, 5) is 7.31. The van der Waals surface area contributed by atoms with Gasteiger partial charge in [-0.25, -0.2) is 4.98 Å². The first kappa shape index (κ1) is 13.8. The molecule has 2 N–H and O–H groups in total. The van der Waals surface area contributed by atoms with Crippen LogP contribution in [0.2, 0.25) is 0 Å². The van der Waals surface area contributed by atoms with Crippen molar-refractivity contribution in [2.24, 2.45) is 5.73 Å². The molecular formula is C16H25N3O. The number of piperidine rings is 1. The van der Waals surface area contributed by atoms with Crippen molar-refractivity contribution in [2.75, 3.05) is 25.1 Å². The number of pyridine rings is 1. The molecule has 1 aliphatic carbocycles. The summed E-state index contributed by atoms with van der Waals surface area (Å²) in [6.45, 7) is 4.71. The van der Waals surface area contributed by atoms with Crippen molar-refractivity contribution in [2.45, 2.75) is 51.2 Å². The molecule has 0 amide bonds. The fourth-order valence-electron chi connectivity index (χ4n) is 3.49. The molecule has 20 heavy (non-hydrogen) atoms. The number of nitrogens with two attached hydrogens (primary N) is 1. The topological polar surface area (TPSA) is 51.4 Å². The highest BCUT2D eigenvalue weighted by Gasteiger charge is 2.32. The molecule has 1 atom stereocenters. The van der Waals surface area contributed by atoms with Gasteiger partial charge in [0.15, 0.2) is 0 Å². The second-order valence-electron chi connectivity index (χ2n) is 6.31. The number of hydrogen-bond acceptors (Lipinski definition) is 4. The van der Waals surface area contributed by atoms with Gasteiger partial charge in [-0.2, -0.15) is 0 Å². The minimum atomic E-state index is -0.0647. The van der Waals surface area contributed by atoms with Gasteiger partial charge in [-0.15, -0.1) is 0 Å².